The maximum Gasteiger partial charge on any atom is 0.316 e. The van der Waals surface area contributed by atoms with Gasteiger partial charge < -0.3 is 18.9 Å². The Bertz CT molecular complexity index is 1330. The molecule has 0 heterocycles. The summed E-state index contributed by atoms with van der Waals surface area (Å²) in [6.07, 6.45) is 0. The van der Waals surface area contributed by atoms with Crippen molar-refractivity contribution in [2.75, 3.05) is 0 Å². The Hall–Kier alpha value is -4.32. The van der Waals surface area contributed by atoms with E-state index in [1.807, 2.05) is 48.5 Å². The van der Waals surface area contributed by atoms with Crippen molar-refractivity contribution in [3.05, 3.63) is 84.9 Å². The summed E-state index contributed by atoms with van der Waals surface area (Å²) < 4.78 is 24.7. The van der Waals surface area contributed by atoms with Gasteiger partial charge >= 0.3 is 11.9 Å². The van der Waals surface area contributed by atoms with Gasteiger partial charge in [-0.15, -0.1) is 0 Å². The van der Waals surface area contributed by atoms with Crippen LogP contribution in [0.25, 0.3) is 10.8 Å². The molecule has 0 aromatic heterocycles. The van der Waals surface area contributed by atoms with E-state index in [-0.39, 0.29) is 23.0 Å². The smallest absolute Gasteiger partial charge is 0.316 e. The third kappa shape index (κ3) is 5.97. The first-order valence-electron chi connectivity index (χ1n) is 12.4. The van der Waals surface area contributed by atoms with Gasteiger partial charge in [0.15, 0.2) is 11.5 Å². The fourth-order valence-corrected chi connectivity index (χ4v) is 3.42. The topological polar surface area (TPSA) is 71.1 Å². The van der Waals surface area contributed by atoms with E-state index in [1.165, 1.54) is 0 Å². The molecular weight excluding hydrogens is 480 g/mol. The molecule has 6 nitrogen and oxygen atoms in total. The third-order valence-electron chi connectivity index (χ3n) is 5.58. The van der Waals surface area contributed by atoms with Gasteiger partial charge in [0, 0.05) is 10.8 Å². The number of benzene rings is 4. The number of esters is 2. The molecule has 4 aromatic rings. The maximum atomic E-state index is 13.1. The number of fused-ring (bicyclic) bond motifs is 1. The van der Waals surface area contributed by atoms with Gasteiger partial charge in [-0.1, -0.05) is 60.7 Å². The van der Waals surface area contributed by atoms with Crippen molar-refractivity contribution >= 4 is 22.7 Å². The molecule has 0 saturated carbocycles. The minimum Gasteiger partial charge on any atom is -0.449 e. The quantitative estimate of drug-likeness (QED) is 0.191. The molecule has 0 radical (unpaired) electrons. The number of carbonyl (C=O) groups is 2. The highest BCUT2D eigenvalue weighted by Crippen LogP contribution is 2.54. The predicted molar refractivity (Wildman–Crippen MR) is 147 cm³/mol. The summed E-state index contributed by atoms with van der Waals surface area (Å²) in [5.41, 5.74) is -1.58. The standard InChI is InChI=1S/C32H32O6/c1-31(2,3)29(33)37-25-23-19-13-14-20-24(23)26(38-30(34)32(4,5)6)28(36-22-17-11-8-12-18-22)27(25)35-21-15-9-7-10-16-21/h7-20H,1-6H3. The van der Waals surface area contributed by atoms with E-state index in [1.54, 1.807) is 77.9 Å². The molecule has 0 unspecified atom stereocenters. The summed E-state index contributed by atoms with van der Waals surface area (Å²) in [5.74, 6) is 0.651. The molecule has 6 heteroatoms. The van der Waals surface area contributed by atoms with Gasteiger partial charge in [0.25, 0.3) is 0 Å². The Morgan fingerprint density at radius 1 is 0.474 bits per heavy atom. The van der Waals surface area contributed by atoms with E-state index in [0.29, 0.717) is 22.3 Å². The number of ether oxygens (including phenoxy) is 4. The fourth-order valence-electron chi connectivity index (χ4n) is 3.42. The van der Waals surface area contributed by atoms with E-state index < -0.39 is 22.8 Å². The summed E-state index contributed by atoms with van der Waals surface area (Å²) in [4.78, 5) is 26.3. The van der Waals surface area contributed by atoms with Gasteiger partial charge in [-0.05, 0) is 65.8 Å². The van der Waals surface area contributed by atoms with Gasteiger partial charge in [0.05, 0.1) is 10.8 Å². The second-order valence-electron chi connectivity index (χ2n) is 11.0. The van der Waals surface area contributed by atoms with Gasteiger partial charge in [0.2, 0.25) is 11.5 Å². The van der Waals surface area contributed by atoms with E-state index in [2.05, 4.69) is 0 Å². The zero-order valence-electron chi connectivity index (χ0n) is 22.5. The summed E-state index contributed by atoms with van der Waals surface area (Å²) in [7, 11) is 0. The molecule has 0 aliphatic carbocycles. The van der Waals surface area contributed by atoms with E-state index in [9.17, 15) is 9.59 Å². The second-order valence-corrected chi connectivity index (χ2v) is 11.0. The van der Waals surface area contributed by atoms with Crippen molar-refractivity contribution in [1.29, 1.82) is 0 Å². The van der Waals surface area contributed by atoms with Crippen molar-refractivity contribution in [3.63, 3.8) is 0 Å². The van der Waals surface area contributed by atoms with Crippen LogP contribution in [0.15, 0.2) is 84.9 Å². The molecule has 0 amide bonds. The third-order valence-corrected chi connectivity index (χ3v) is 5.58. The van der Waals surface area contributed by atoms with Crippen LogP contribution < -0.4 is 18.9 Å². The molecule has 196 valence electrons. The summed E-state index contributed by atoms with van der Waals surface area (Å²) in [5, 5.41) is 1.07. The zero-order chi connectivity index (χ0) is 27.5. The van der Waals surface area contributed by atoms with Crippen molar-refractivity contribution < 1.29 is 28.5 Å². The fraction of sp³-hybridized carbons (Fsp3) is 0.250. The molecule has 0 aliphatic heterocycles. The summed E-state index contributed by atoms with van der Waals surface area (Å²) in [6.45, 7) is 10.6. The number of hydrogen-bond acceptors (Lipinski definition) is 6. The van der Waals surface area contributed by atoms with Gasteiger partial charge in [-0.25, -0.2) is 0 Å². The number of hydrogen-bond donors (Lipinski definition) is 0. The molecule has 0 fully saturated rings. The van der Waals surface area contributed by atoms with Crippen LogP contribution in [0.3, 0.4) is 0 Å². The van der Waals surface area contributed by atoms with Crippen LogP contribution in [-0.4, -0.2) is 11.9 Å². The number of para-hydroxylation sites is 2. The molecule has 0 spiro atoms. The Morgan fingerprint density at radius 2 is 0.789 bits per heavy atom. The van der Waals surface area contributed by atoms with Crippen LogP contribution in [-0.2, 0) is 9.59 Å². The first-order chi connectivity index (χ1) is 17.9. The highest BCUT2D eigenvalue weighted by Gasteiger charge is 2.33. The minimum atomic E-state index is -0.789. The molecule has 0 atom stereocenters. The van der Waals surface area contributed by atoms with Crippen LogP contribution in [0.5, 0.6) is 34.5 Å². The zero-order valence-corrected chi connectivity index (χ0v) is 22.5. The second kappa shape index (κ2) is 10.6. The van der Waals surface area contributed by atoms with Gasteiger partial charge in [-0.3, -0.25) is 9.59 Å². The highest BCUT2D eigenvalue weighted by atomic mass is 16.6. The SMILES string of the molecule is CC(C)(C)C(=O)Oc1c(Oc2ccccc2)c(Oc2ccccc2)c(OC(=O)C(C)(C)C)c2ccccc12. The lowest BCUT2D eigenvalue weighted by Crippen LogP contribution is -2.26. The molecule has 0 saturated heterocycles. The largest absolute Gasteiger partial charge is 0.449 e. The van der Waals surface area contributed by atoms with Crippen LogP contribution >= 0.6 is 0 Å². The van der Waals surface area contributed by atoms with Gasteiger partial charge in [-0.2, -0.15) is 0 Å². The molecule has 4 aromatic carbocycles. The van der Waals surface area contributed by atoms with Gasteiger partial charge in [0.1, 0.15) is 11.5 Å². The number of carbonyl (C=O) groups excluding carboxylic acids is 2. The maximum absolute atomic E-state index is 13.1. The Balaban J connectivity index is 2.06. The molecule has 0 N–H and O–H groups in total. The average Bonchev–Trinajstić information content (AvgIpc) is 2.87. The molecule has 0 aliphatic rings. The Kier molecular flexibility index (Phi) is 7.44. The Morgan fingerprint density at radius 3 is 1.11 bits per heavy atom. The predicted octanol–water partition coefficient (Wildman–Crippen LogP) is 8.33. The van der Waals surface area contributed by atoms with Crippen LogP contribution in [0, 0.1) is 10.8 Å². The average molecular weight is 513 g/mol. The highest BCUT2D eigenvalue weighted by molar-refractivity contribution is 6.02. The lowest BCUT2D eigenvalue weighted by Gasteiger charge is -2.24. The molecule has 4 rings (SSSR count). The number of rotatable bonds is 6. The molecular formula is C32H32O6. The Labute approximate surface area is 223 Å². The van der Waals surface area contributed by atoms with Crippen LogP contribution in [0.4, 0.5) is 0 Å². The van der Waals surface area contributed by atoms with E-state index >= 15 is 0 Å². The van der Waals surface area contributed by atoms with Crippen molar-refractivity contribution in [3.8, 4) is 34.5 Å². The van der Waals surface area contributed by atoms with Crippen molar-refractivity contribution in [2.24, 2.45) is 10.8 Å². The summed E-state index contributed by atoms with van der Waals surface area (Å²) in [6, 6.07) is 25.4. The lowest BCUT2D eigenvalue weighted by atomic mass is 9.97. The summed E-state index contributed by atoms with van der Waals surface area (Å²) >= 11 is 0. The monoisotopic (exact) mass is 512 g/mol. The minimum absolute atomic E-state index is 0.119. The van der Waals surface area contributed by atoms with Crippen molar-refractivity contribution in [2.45, 2.75) is 41.5 Å². The first-order valence-corrected chi connectivity index (χ1v) is 12.4. The van der Waals surface area contributed by atoms with E-state index in [4.69, 9.17) is 18.9 Å². The molecule has 38 heavy (non-hydrogen) atoms. The van der Waals surface area contributed by atoms with Crippen molar-refractivity contribution in [1.82, 2.24) is 0 Å². The lowest BCUT2D eigenvalue weighted by molar-refractivity contribution is -0.144. The van der Waals surface area contributed by atoms with E-state index in [0.717, 1.165) is 0 Å². The van der Waals surface area contributed by atoms with Crippen LogP contribution in [0.2, 0.25) is 0 Å². The van der Waals surface area contributed by atoms with Crippen LogP contribution in [0.1, 0.15) is 41.5 Å². The molecule has 0 bridgehead atoms. The normalized spacial score (nSPS) is 11.6. The first kappa shape index (κ1) is 26.7.